The van der Waals surface area contributed by atoms with Crippen LogP contribution in [0.25, 0.3) is 0 Å². The van der Waals surface area contributed by atoms with Crippen LogP contribution in [-0.2, 0) is 0 Å². The minimum atomic E-state index is -0.789. The highest BCUT2D eigenvalue weighted by Gasteiger charge is 2.23. The number of hydrogen-bond donors (Lipinski definition) is 0. The molecule has 1 aromatic carbocycles. The van der Waals surface area contributed by atoms with Gasteiger partial charge in [0.15, 0.2) is 0 Å². The van der Waals surface area contributed by atoms with Gasteiger partial charge < -0.3 is 0 Å². The zero-order valence-corrected chi connectivity index (χ0v) is 11.8. The first-order valence-electron chi connectivity index (χ1n) is 6.59. The summed E-state index contributed by atoms with van der Waals surface area (Å²) < 4.78 is 29.4. The van der Waals surface area contributed by atoms with E-state index in [9.17, 15) is 13.6 Å². The largest absolute Gasteiger partial charge is 0.298 e. The van der Waals surface area contributed by atoms with Crippen LogP contribution in [0.1, 0.15) is 42.1 Å². The third-order valence-corrected chi connectivity index (χ3v) is 4.53. The number of carbonyl (C=O) groups excluding carboxylic acids is 1. The molecule has 0 unspecified atom stereocenters. The zero-order chi connectivity index (χ0) is 14.8. The van der Waals surface area contributed by atoms with Gasteiger partial charge in [0.25, 0.3) is 0 Å². The molecule has 8 heteroatoms. The van der Waals surface area contributed by atoms with Gasteiger partial charge in [0.2, 0.25) is 5.16 Å². The molecule has 0 atom stereocenters. The Morgan fingerprint density at radius 1 is 1.24 bits per heavy atom. The topological polar surface area (TPSA) is 60.7 Å². The van der Waals surface area contributed by atoms with Crippen LogP contribution < -0.4 is 0 Å². The van der Waals surface area contributed by atoms with Gasteiger partial charge in [-0.2, -0.15) is 0 Å². The number of hydrogen-bond acceptors (Lipinski definition) is 5. The lowest BCUT2D eigenvalue weighted by Crippen LogP contribution is -2.08. The van der Waals surface area contributed by atoms with Gasteiger partial charge >= 0.3 is 0 Å². The number of nitrogens with zero attached hydrogens (tertiary/aromatic N) is 4. The fraction of sp³-hybridized carbons (Fsp3) is 0.385. The molecule has 2 aromatic rings. The molecule has 0 N–H and O–H groups in total. The van der Waals surface area contributed by atoms with E-state index in [2.05, 4.69) is 15.5 Å². The van der Waals surface area contributed by atoms with E-state index in [0.717, 1.165) is 49.6 Å². The Balaban J connectivity index is 1.91. The van der Waals surface area contributed by atoms with Crippen LogP contribution >= 0.6 is 11.8 Å². The molecule has 3 rings (SSSR count). The summed E-state index contributed by atoms with van der Waals surface area (Å²) in [5, 5.41) is 11.7. The van der Waals surface area contributed by atoms with Crippen LogP contribution in [0, 0.1) is 11.6 Å². The lowest BCUT2D eigenvalue weighted by molar-refractivity contribution is 0.112. The van der Waals surface area contributed by atoms with Crippen LogP contribution in [0.3, 0.4) is 0 Å². The second-order valence-corrected chi connectivity index (χ2v) is 5.86. The maximum Gasteiger partial charge on any atom is 0.214 e. The lowest BCUT2D eigenvalue weighted by Gasteiger charge is -2.11. The number of benzene rings is 1. The predicted octanol–water partition coefficient (Wildman–Crippen LogP) is 3.03. The SMILES string of the molecule is O=Cc1cc(F)c(Sc2nnnn2C2CCCC2)c(F)c1. The standard InChI is InChI=1S/C13H12F2N4OS/c14-10-5-8(7-20)6-11(15)12(10)21-13-16-17-18-19(13)9-3-1-2-4-9/h5-7,9H,1-4H2. The molecule has 1 saturated carbocycles. The van der Waals surface area contributed by atoms with Crippen molar-refractivity contribution in [2.45, 2.75) is 41.8 Å². The van der Waals surface area contributed by atoms with E-state index in [-0.39, 0.29) is 16.5 Å². The maximum atomic E-state index is 13.9. The number of rotatable bonds is 4. The van der Waals surface area contributed by atoms with Crippen LogP contribution in [0.2, 0.25) is 0 Å². The van der Waals surface area contributed by atoms with Crippen molar-refractivity contribution in [3.63, 3.8) is 0 Å². The molecule has 0 saturated heterocycles. The van der Waals surface area contributed by atoms with Crippen LogP contribution in [-0.4, -0.2) is 26.5 Å². The number of aldehydes is 1. The van der Waals surface area contributed by atoms with Crippen molar-refractivity contribution < 1.29 is 13.6 Å². The molecule has 0 spiro atoms. The van der Waals surface area contributed by atoms with Crippen molar-refractivity contribution >= 4 is 18.0 Å². The van der Waals surface area contributed by atoms with Gasteiger partial charge in [0.1, 0.15) is 17.9 Å². The van der Waals surface area contributed by atoms with Gasteiger partial charge in [-0.05, 0) is 47.2 Å². The van der Waals surface area contributed by atoms with E-state index >= 15 is 0 Å². The van der Waals surface area contributed by atoms with Crippen molar-refractivity contribution in [1.82, 2.24) is 20.2 Å². The molecule has 1 aliphatic rings. The summed E-state index contributed by atoms with van der Waals surface area (Å²) in [6.45, 7) is 0. The van der Waals surface area contributed by atoms with Gasteiger partial charge in [0.05, 0.1) is 10.9 Å². The number of carbonyl (C=O) groups is 1. The molecule has 0 radical (unpaired) electrons. The Bertz CT molecular complexity index is 647. The lowest BCUT2D eigenvalue weighted by atomic mass is 10.2. The van der Waals surface area contributed by atoms with E-state index in [4.69, 9.17) is 0 Å². The predicted molar refractivity (Wildman–Crippen MR) is 71.2 cm³/mol. The number of tetrazole rings is 1. The average Bonchev–Trinajstić information content (AvgIpc) is 3.12. The minimum absolute atomic E-state index is 0.0373. The number of aromatic nitrogens is 4. The van der Waals surface area contributed by atoms with E-state index in [0.29, 0.717) is 11.4 Å². The van der Waals surface area contributed by atoms with Gasteiger partial charge in [0, 0.05) is 5.56 Å². The molecule has 0 amide bonds. The Morgan fingerprint density at radius 3 is 2.52 bits per heavy atom. The van der Waals surface area contributed by atoms with Gasteiger partial charge in [-0.25, -0.2) is 13.5 Å². The van der Waals surface area contributed by atoms with Crippen LogP contribution in [0.5, 0.6) is 0 Å². The molecule has 1 heterocycles. The van der Waals surface area contributed by atoms with Gasteiger partial charge in [-0.1, -0.05) is 12.8 Å². The highest BCUT2D eigenvalue weighted by molar-refractivity contribution is 7.99. The van der Waals surface area contributed by atoms with Crippen molar-refractivity contribution in [2.24, 2.45) is 0 Å². The molecule has 1 fully saturated rings. The van der Waals surface area contributed by atoms with Gasteiger partial charge in [-0.3, -0.25) is 4.79 Å². The molecule has 21 heavy (non-hydrogen) atoms. The van der Waals surface area contributed by atoms with E-state index in [1.165, 1.54) is 0 Å². The summed E-state index contributed by atoms with van der Waals surface area (Å²) in [6.07, 6.45) is 4.54. The van der Waals surface area contributed by atoms with Crippen molar-refractivity contribution in [3.8, 4) is 0 Å². The second kappa shape index (κ2) is 5.88. The minimum Gasteiger partial charge on any atom is -0.298 e. The molecular weight excluding hydrogens is 298 g/mol. The zero-order valence-electron chi connectivity index (χ0n) is 11.0. The summed E-state index contributed by atoms with van der Waals surface area (Å²) in [7, 11) is 0. The Kier molecular flexibility index (Phi) is 3.96. The van der Waals surface area contributed by atoms with Crippen molar-refractivity contribution in [2.75, 3.05) is 0 Å². The van der Waals surface area contributed by atoms with E-state index in [1.807, 2.05) is 0 Å². The highest BCUT2D eigenvalue weighted by Crippen LogP contribution is 2.35. The first-order chi connectivity index (χ1) is 10.2. The third-order valence-electron chi connectivity index (χ3n) is 3.48. The van der Waals surface area contributed by atoms with Crippen molar-refractivity contribution in [1.29, 1.82) is 0 Å². The Labute approximate surface area is 123 Å². The van der Waals surface area contributed by atoms with Crippen molar-refractivity contribution in [3.05, 3.63) is 29.3 Å². The molecule has 5 nitrogen and oxygen atoms in total. The summed E-state index contributed by atoms with van der Waals surface area (Å²) >= 11 is 0.841. The van der Waals surface area contributed by atoms with Crippen LogP contribution in [0.15, 0.2) is 22.2 Å². The molecule has 1 aliphatic carbocycles. The molecule has 0 bridgehead atoms. The summed E-state index contributed by atoms with van der Waals surface area (Å²) in [4.78, 5) is 10.4. The van der Waals surface area contributed by atoms with E-state index in [1.54, 1.807) is 4.68 Å². The first kappa shape index (κ1) is 14.1. The first-order valence-corrected chi connectivity index (χ1v) is 7.40. The van der Waals surface area contributed by atoms with Gasteiger partial charge in [-0.15, -0.1) is 5.10 Å². The molecular formula is C13H12F2N4OS. The fourth-order valence-electron chi connectivity index (χ4n) is 2.47. The van der Waals surface area contributed by atoms with Crippen LogP contribution in [0.4, 0.5) is 8.78 Å². The summed E-state index contributed by atoms with van der Waals surface area (Å²) in [5.74, 6) is -1.58. The quantitative estimate of drug-likeness (QED) is 0.812. The fourth-order valence-corrected chi connectivity index (χ4v) is 3.32. The molecule has 0 aliphatic heterocycles. The Hall–Kier alpha value is -1.83. The maximum absolute atomic E-state index is 13.9. The monoisotopic (exact) mass is 310 g/mol. The smallest absolute Gasteiger partial charge is 0.214 e. The third kappa shape index (κ3) is 2.80. The average molecular weight is 310 g/mol. The second-order valence-electron chi connectivity index (χ2n) is 4.88. The highest BCUT2D eigenvalue weighted by atomic mass is 32.2. The summed E-state index contributed by atoms with van der Waals surface area (Å²) in [6, 6.07) is 2.19. The van der Waals surface area contributed by atoms with E-state index < -0.39 is 11.6 Å². The Morgan fingerprint density at radius 2 is 1.90 bits per heavy atom. The number of halogens is 2. The molecule has 110 valence electrons. The summed E-state index contributed by atoms with van der Waals surface area (Å²) in [5.41, 5.74) is -0.0373. The normalized spacial score (nSPS) is 15.5. The molecule has 1 aromatic heterocycles.